The first-order chi connectivity index (χ1) is 16.2. The molecule has 0 spiro atoms. The number of hydrogen-bond donors (Lipinski definition) is 2. The van der Waals surface area contributed by atoms with Gasteiger partial charge in [0.15, 0.2) is 5.13 Å². The van der Waals surface area contributed by atoms with E-state index >= 15 is 0 Å². The van der Waals surface area contributed by atoms with Crippen LogP contribution < -0.4 is 10.9 Å². The summed E-state index contributed by atoms with van der Waals surface area (Å²) in [5.74, 6) is 1.86. The number of thiophene rings is 1. The van der Waals surface area contributed by atoms with E-state index in [0.717, 1.165) is 40.8 Å². The molecule has 0 fully saturated rings. The Morgan fingerprint density at radius 3 is 2.88 bits per heavy atom. The zero-order valence-electron chi connectivity index (χ0n) is 18.1. The van der Waals surface area contributed by atoms with Crippen LogP contribution in [0.4, 0.5) is 5.13 Å². The molecule has 2 N–H and O–H groups in total. The van der Waals surface area contributed by atoms with Crippen LogP contribution >= 0.6 is 34.4 Å². The molecule has 1 aliphatic carbocycles. The Balaban J connectivity index is 1.11. The van der Waals surface area contributed by atoms with Gasteiger partial charge in [-0.15, -0.1) is 22.7 Å². The van der Waals surface area contributed by atoms with Gasteiger partial charge in [0.25, 0.3) is 5.56 Å². The van der Waals surface area contributed by atoms with Crippen LogP contribution in [0.15, 0.2) is 41.3 Å². The van der Waals surface area contributed by atoms with Crippen molar-refractivity contribution in [3.63, 3.8) is 0 Å². The number of carbonyl (C=O) groups is 1. The summed E-state index contributed by atoms with van der Waals surface area (Å²) < 4.78 is 0. The molecule has 1 aromatic carbocycles. The molecule has 0 saturated heterocycles. The molecule has 3 heterocycles. The maximum absolute atomic E-state index is 12.6. The molecule has 0 atom stereocenters. The van der Waals surface area contributed by atoms with Crippen LogP contribution in [0.3, 0.4) is 0 Å². The highest BCUT2D eigenvalue weighted by Gasteiger charge is 2.19. The van der Waals surface area contributed by atoms with Crippen LogP contribution in [0.2, 0.25) is 0 Å². The Morgan fingerprint density at radius 2 is 2.00 bits per heavy atom. The molecule has 5 rings (SSSR count). The van der Waals surface area contributed by atoms with E-state index in [9.17, 15) is 9.59 Å². The number of aromatic amines is 1. The summed E-state index contributed by atoms with van der Waals surface area (Å²) >= 11 is 4.77. The van der Waals surface area contributed by atoms with Gasteiger partial charge in [0.1, 0.15) is 10.7 Å². The SMILES string of the molecule is O=C(CCSCc1nc2sc3c(c2c(=O)[nH]1)CCCC3)Nc1ncc(Cc2ccccc2)s1. The first kappa shape index (κ1) is 22.3. The van der Waals surface area contributed by atoms with E-state index in [0.29, 0.717) is 28.9 Å². The van der Waals surface area contributed by atoms with Crippen molar-refractivity contribution < 1.29 is 4.79 Å². The van der Waals surface area contributed by atoms with Gasteiger partial charge in [0.2, 0.25) is 5.91 Å². The second kappa shape index (κ2) is 10.2. The molecule has 0 unspecified atom stereocenters. The number of fused-ring (bicyclic) bond motifs is 3. The number of hydrogen-bond acceptors (Lipinski definition) is 7. The number of carbonyl (C=O) groups excluding carboxylic acids is 1. The van der Waals surface area contributed by atoms with Crippen molar-refractivity contribution in [2.45, 2.75) is 44.3 Å². The van der Waals surface area contributed by atoms with E-state index in [2.05, 4.69) is 27.4 Å². The number of nitrogens with zero attached hydrogens (tertiary/aromatic N) is 2. The molecule has 0 bridgehead atoms. The summed E-state index contributed by atoms with van der Waals surface area (Å²) in [6, 6.07) is 10.2. The quantitative estimate of drug-likeness (QED) is 0.329. The highest BCUT2D eigenvalue weighted by molar-refractivity contribution is 7.98. The normalized spacial score (nSPS) is 13.2. The number of anilines is 1. The third-order valence-electron chi connectivity index (χ3n) is 5.61. The van der Waals surface area contributed by atoms with Crippen molar-refractivity contribution in [1.82, 2.24) is 15.0 Å². The molecular weight excluding hydrogens is 472 g/mol. The molecule has 0 radical (unpaired) electrons. The molecule has 1 aliphatic rings. The Morgan fingerprint density at radius 1 is 1.15 bits per heavy atom. The maximum atomic E-state index is 12.6. The highest BCUT2D eigenvalue weighted by atomic mass is 32.2. The lowest BCUT2D eigenvalue weighted by Crippen LogP contribution is -2.13. The number of aromatic nitrogens is 3. The Kier molecular flexibility index (Phi) is 6.89. The van der Waals surface area contributed by atoms with Gasteiger partial charge >= 0.3 is 0 Å². The Bertz CT molecular complexity index is 1330. The first-order valence-corrected chi connectivity index (χ1v) is 13.8. The number of H-pyrrole nitrogens is 1. The van der Waals surface area contributed by atoms with Gasteiger partial charge in [-0.05, 0) is 36.8 Å². The van der Waals surface area contributed by atoms with Crippen LogP contribution in [0, 0.1) is 0 Å². The first-order valence-electron chi connectivity index (χ1n) is 11.1. The number of rotatable bonds is 8. The number of thioether (sulfide) groups is 1. The van der Waals surface area contributed by atoms with E-state index in [1.807, 2.05) is 24.4 Å². The van der Waals surface area contributed by atoms with Crippen LogP contribution in [-0.2, 0) is 29.8 Å². The van der Waals surface area contributed by atoms with Crippen molar-refractivity contribution in [3.05, 3.63) is 73.6 Å². The van der Waals surface area contributed by atoms with Crippen LogP contribution in [0.1, 0.15) is 46.0 Å². The average molecular weight is 497 g/mol. The van der Waals surface area contributed by atoms with Gasteiger partial charge < -0.3 is 10.3 Å². The summed E-state index contributed by atoms with van der Waals surface area (Å²) in [5, 5.41) is 4.31. The second-order valence-electron chi connectivity index (χ2n) is 8.05. The number of benzene rings is 1. The van der Waals surface area contributed by atoms with E-state index < -0.39 is 0 Å². The lowest BCUT2D eigenvalue weighted by Gasteiger charge is -2.09. The third kappa shape index (κ3) is 5.37. The molecule has 170 valence electrons. The van der Waals surface area contributed by atoms with E-state index in [1.54, 1.807) is 23.1 Å². The minimum atomic E-state index is -0.0500. The molecule has 6 nitrogen and oxygen atoms in total. The highest BCUT2D eigenvalue weighted by Crippen LogP contribution is 2.33. The Hall–Kier alpha value is -2.49. The van der Waals surface area contributed by atoms with Gasteiger partial charge in [0, 0.05) is 34.5 Å². The van der Waals surface area contributed by atoms with Crippen LogP contribution in [-0.4, -0.2) is 26.6 Å². The van der Waals surface area contributed by atoms with Crippen molar-refractivity contribution >= 4 is 55.7 Å². The Labute approximate surface area is 203 Å². The summed E-state index contributed by atoms with van der Waals surface area (Å²) in [4.78, 5) is 40.2. The fourth-order valence-electron chi connectivity index (χ4n) is 4.04. The number of thiazole rings is 1. The molecule has 1 amide bonds. The van der Waals surface area contributed by atoms with Gasteiger partial charge in [-0.2, -0.15) is 11.8 Å². The van der Waals surface area contributed by atoms with E-state index in [-0.39, 0.29) is 11.5 Å². The maximum Gasteiger partial charge on any atom is 0.259 e. The number of nitrogens with one attached hydrogen (secondary N) is 2. The largest absolute Gasteiger partial charge is 0.309 e. The fraction of sp³-hybridized carbons (Fsp3) is 0.333. The monoisotopic (exact) mass is 496 g/mol. The zero-order chi connectivity index (χ0) is 22.6. The lowest BCUT2D eigenvalue weighted by molar-refractivity contribution is -0.115. The molecule has 0 saturated carbocycles. The molecule has 3 aromatic heterocycles. The van der Waals surface area contributed by atoms with Gasteiger partial charge in [-0.25, -0.2) is 9.97 Å². The van der Waals surface area contributed by atoms with Gasteiger partial charge in [-0.3, -0.25) is 9.59 Å². The second-order valence-corrected chi connectivity index (χ2v) is 11.4. The smallest absolute Gasteiger partial charge is 0.259 e. The fourth-order valence-corrected chi connectivity index (χ4v) is 6.98. The lowest BCUT2D eigenvalue weighted by atomic mass is 9.97. The van der Waals surface area contributed by atoms with E-state index in [1.165, 1.54) is 33.8 Å². The van der Waals surface area contributed by atoms with Crippen molar-refractivity contribution in [2.24, 2.45) is 0 Å². The molecule has 9 heteroatoms. The molecule has 4 aromatic rings. The van der Waals surface area contributed by atoms with Crippen LogP contribution in [0.5, 0.6) is 0 Å². The van der Waals surface area contributed by atoms with Gasteiger partial charge in [0.05, 0.1) is 11.1 Å². The standard InChI is InChI=1S/C24H24N4O2S3/c29-20(28-24-25-13-16(32-24)12-15-6-2-1-3-7-15)10-11-31-14-19-26-22(30)21-17-8-4-5-9-18(17)33-23(21)27-19/h1-3,6-7,13H,4-5,8-12,14H2,(H,25,28,29)(H,26,27,30). The molecule has 0 aliphatic heterocycles. The summed E-state index contributed by atoms with van der Waals surface area (Å²) in [5.41, 5.74) is 2.41. The average Bonchev–Trinajstić information content (AvgIpc) is 3.41. The van der Waals surface area contributed by atoms with Crippen molar-refractivity contribution in [3.8, 4) is 0 Å². The molecule has 33 heavy (non-hydrogen) atoms. The zero-order valence-corrected chi connectivity index (χ0v) is 20.5. The third-order valence-corrected chi connectivity index (χ3v) is 8.68. The van der Waals surface area contributed by atoms with Crippen molar-refractivity contribution in [2.75, 3.05) is 11.1 Å². The summed E-state index contributed by atoms with van der Waals surface area (Å²) in [6.45, 7) is 0. The van der Waals surface area contributed by atoms with E-state index in [4.69, 9.17) is 4.98 Å². The summed E-state index contributed by atoms with van der Waals surface area (Å²) in [6.07, 6.45) is 7.40. The van der Waals surface area contributed by atoms with Crippen LogP contribution in [0.25, 0.3) is 10.2 Å². The number of amides is 1. The summed E-state index contributed by atoms with van der Waals surface area (Å²) in [7, 11) is 0. The topological polar surface area (TPSA) is 87.7 Å². The molecular formula is C24H24N4O2S3. The number of aryl methyl sites for hydroxylation is 2. The predicted molar refractivity (Wildman–Crippen MR) is 138 cm³/mol. The minimum absolute atomic E-state index is 0.0252. The predicted octanol–water partition coefficient (Wildman–Crippen LogP) is 5.17. The minimum Gasteiger partial charge on any atom is -0.309 e. The van der Waals surface area contributed by atoms with Crippen molar-refractivity contribution in [1.29, 1.82) is 0 Å². The van der Waals surface area contributed by atoms with Gasteiger partial charge in [-0.1, -0.05) is 30.3 Å².